The molecular formula is C7H12N2O3S. The molecule has 1 saturated heterocycles. The maximum atomic E-state index is 11.1. The van der Waals surface area contributed by atoms with Crippen molar-refractivity contribution in [1.29, 1.82) is 0 Å². The highest BCUT2D eigenvalue weighted by atomic mass is 32.2. The summed E-state index contributed by atoms with van der Waals surface area (Å²) >= 11 is 0. The van der Waals surface area contributed by atoms with Crippen molar-refractivity contribution in [1.82, 2.24) is 10.2 Å². The van der Waals surface area contributed by atoms with Gasteiger partial charge in [-0.2, -0.15) is 0 Å². The van der Waals surface area contributed by atoms with Gasteiger partial charge >= 0.3 is 6.03 Å². The van der Waals surface area contributed by atoms with Crippen LogP contribution in [0.25, 0.3) is 0 Å². The normalized spacial score (nSPS) is 19.9. The number of hydrogen-bond donors (Lipinski definition) is 1. The van der Waals surface area contributed by atoms with Crippen LogP contribution in [0.5, 0.6) is 0 Å². The minimum Gasteiger partial charge on any atom is -0.323 e. The highest BCUT2D eigenvalue weighted by Gasteiger charge is 2.22. The number of amides is 3. The maximum absolute atomic E-state index is 11.1. The van der Waals surface area contributed by atoms with Gasteiger partial charge in [-0.25, -0.2) is 4.79 Å². The molecule has 0 bridgehead atoms. The molecule has 6 heteroatoms. The minimum atomic E-state index is -0.898. The summed E-state index contributed by atoms with van der Waals surface area (Å²) < 4.78 is 10.7. The van der Waals surface area contributed by atoms with Crippen LogP contribution in [0, 0.1) is 0 Å². The molecule has 1 heterocycles. The van der Waals surface area contributed by atoms with Crippen LogP contribution in [-0.4, -0.2) is 46.1 Å². The summed E-state index contributed by atoms with van der Waals surface area (Å²) in [5.41, 5.74) is 0. The van der Waals surface area contributed by atoms with Crippen molar-refractivity contribution >= 4 is 22.7 Å². The van der Waals surface area contributed by atoms with Crippen LogP contribution < -0.4 is 5.32 Å². The van der Waals surface area contributed by atoms with Crippen molar-refractivity contribution in [2.45, 2.75) is 6.42 Å². The van der Waals surface area contributed by atoms with Crippen molar-refractivity contribution in [2.75, 3.05) is 25.1 Å². The Balaban J connectivity index is 2.38. The highest BCUT2D eigenvalue weighted by Crippen LogP contribution is 1.99. The van der Waals surface area contributed by atoms with E-state index in [1.165, 1.54) is 4.90 Å². The number of nitrogens with one attached hydrogen (secondary N) is 1. The Hall–Kier alpha value is -0.910. The van der Waals surface area contributed by atoms with E-state index in [1.807, 2.05) is 0 Å². The van der Waals surface area contributed by atoms with Crippen LogP contribution in [0.1, 0.15) is 6.42 Å². The van der Waals surface area contributed by atoms with Crippen LogP contribution >= 0.6 is 0 Å². The van der Waals surface area contributed by atoms with Crippen molar-refractivity contribution in [3.63, 3.8) is 0 Å². The molecule has 13 heavy (non-hydrogen) atoms. The third kappa shape index (κ3) is 3.14. The minimum absolute atomic E-state index is 0.237. The molecule has 0 aromatic rings. The molecule has 0 aliphatic carbocycles. The number of rotatable bonds is 3. The Morgan fingerprint density at radius 2 is 2.23 bits per heavy atom. The van der Waals surface area contributed by atoms with Gasteiger partial charge in [0.15, 0.2) is 0 Å². The second kappa shape index (κ2) is 4.36. The van der Waals surface area contributed by atoms with Crippen LogP contribution in [-0.2, 0) is 15.6 Å². The van der Waals surface area contributed by atoms with E-state index >= 15 is 0 Å². The zero-order valence-corrected chi connectivity index (χ0v) is 8.23. The first-order valence-corrected chi connectivity index (χ1v) is 5.71. The molecule has 5 nitrogen and oxygen atoms in total. The first kappa shape index (κ1) is 10.2. The third-order valence-corrected chi connectivity index (χ3v) is 2.55. The Bertz CT molecular complexity index is 254. The molecule has 0 radical (unpaired) electrons. The zero-order valence-electron chi connectivity index (χ0n) is 7.41. The lowest BCUT2D eigenvalue weighted by molar-refractivity contribution is -0.121. The van der Waals surface area contributed by atoms with E-state index in [1.54, 1.807) is 6.26 Å². The lowest BCUT2D eigenvalue weighted by Crippen LogP contribution is -2.50. The summed E-state index contributed by atoms with van der Waals surface area (Å²) in [6.45, 7) is 0.879. The third-order valence-electron chi connectivity index (χ3n) is 1.79. The van der Waals surface area contributed by atoms with E-state index in [-0.39, 0.29) is 11.9 Å². The van der Waals surface area contributed by atoms with Gasteiger partial charge in [0, 0.05) is 42.3 Å². The summed E-state index contributed by atoms with van der Waals surface area (Å²) in [4.78, 5) is 23.4. The molecule has 1 aliphatic rings. The van der Waals surface area contributed by atoms with E-state index in [2.05, 4.69) is 5.32 Å². The molecule has 1 rings (SSSR count). The molecule has 3 amide bonds. The van der Waals surface area contributed by atoms with Gasteiger partial charge in [-0.1, -0.05) is 0 Å². The topological polar surface area (TPSA) is 66.5 Å². The fraction of sp³-hybridized carbons (Fsp3) is 0.714. The second-order valence-corrected chi connectivity index (χ2v) is 4.42. The van der Waals surface area contributed by atoms with Crippen molar-refractivity contribution < 1.29 is 13.8 Å². The lowest BCUT2D eigenvalue weighted by atomic mass is 10.3. The smallest absolute Gasteiger partial charge is 0.323 e. The van der Waals surface area contributed by atoms with E-state index in [0.717, 1.165) is 0 Å². The molecule has 0 aromatic carbocycles. The number of hydrogen-bond acceptors (Lipinski definition) is 3. The lowest BCUT2D eigenvalue weighted by Gasteiger charge is -2.25. The quantitative estimate of drug-likeness (QED) is 0.661. The number of imide groups is 1. The van der Waals surface area contributed by atoms with Gasteiger partial charge in [-0.15, -0.1) is 0 Å². The van der Waals surface area contributed by atoms with E-state index in [4.69, 9.17) is 0 Å². The summed E-state index contributed by atoms with van der Waals surface area (Å²) in [6, 6.07) is -0.373. The Morgan fingerprint density at radius 3 is 2.77 bits per heavy atom. The molecule has 1 N–H and O–H groups in total. The SMILES string of the molecule is CS(=O)CCN1CCC(=O)NC1=O. The molecule has 0 saturated carbocycles. The van der Waals surface area contributed by atoms with Crippen molar-refractivity contribution in [3.8, 4) is 0 Å². The van der Waals surface area contributed by atoms with Crippen LogP contribution in [0.3, 0.4) is 0 Å². The van der Waals surface area contributed by atoms with Crippen molar-refractivity contribution in [2.24, 2.45) is 0 Å². The van der Waals surface area contributed by atoms with Crippen LogP contribution in [0.4, 0.5) is 4.79 Å². The molecular weight excluding hydrogens is 192 g/mol. The fourth-order valence-corrected chi connectivity index (χ4v) is 1.53. The van der Waals surface area contributed by atoms with Gasteiger partial charge in [0.2, 0.25) is 5.91 Å². The first-order chi connectivity index (χ1) is 6.09. The number of carbonyl (C=O) groups is 2. The fourth-order valence-electron chi connectivity index (χ4n) is 1.05. The number of nitrogens with zero attached hydrogens (tertiary/aromatic N) is 1. The van der Waals surface area contributed by atoms with Gasteiger partial charge < -0.3 is 4.90 Å². The molecule has 0 aromatic heterocycles. The molecule has 1 aliphatic heterocycles. The zero-order chi connectivity index (χ0) is 9.84. The average molecular weight is 204 g/mol. The van der Waals surface area contributed by atoms with Gasteiger partial charge in [-0.05, 0) is 0 Å². The molecule has 1 fully saturated rings. The maximum Gasteiger partial charge on any atom is 0.324 e. The summed E-state index contributed by atoms with van der Waals surface area (Å²) in [7, 11) is -0.898. The predicted molar refractivity (Wildman–Crippen MR) is 48.7 cm³/mol. The Morgan fingerprint density at radius 1 is 1.54 bits per heavy atom. The molecule has 0 spiro atoms. The Labute approximate surface area is 78.9 Å². The Kier molecular flexibility index (Phi) is 3.41. The number of carbonyl (C=O) groups excluding carboxylic acids is 2. The second-order valence-electron chi connectivity index (χ2n) is 2.87. The summed E-state index contributed by atoms with van der Waals surface area (Å²) in [6.07, 6.45) is 1.93. The molecule has 1 atom stereocenters. The standard InChI is InChI=1S/C7H12N2O3S/c1-13(12)5-4-9-3-2-6(10)8-7(9)11/h2-5H2,1H3,(H,8,10,11). The van der Waals surface area contributed by atoms with Gasteiger partial charge in [0.25, 0.3) is 0 Å². The number of urea groups is 1. The predicted octanol–water partition coefficient (Wildman–Crippen LogP) is -0.693. The largest absolute Gasteiger partial charge is 0.324 e. The van der Waals surface area contributed by atoms with E-state index < -0.39 is 10.8 Å². The summed E-state index contributed by atoms with van der Waals surface area (Å²) in [5.74, 6) is 0.223. The average Bonchev–Trinajstić information content (AvgIpc) is 2.02. The monoisotopic (exact) mass is 204 g/mol. The van der Waals surface area contributed by atoms with Gasteiger partial charge in [0.05, 0.1) is 0 Å². The van der Waals surface area contributed by atoms with Crippen LogP contribution in [0.15, 0.2) is 0 Å². The van der Waals surface area contributed by atoms with Gasteiger partial charge in [-0.3, -0.25) is 14.3 Å². The summed E-state index contributed by atoms with van der Waals surface area (Å²) in [5, 5.41) is 2.20. The van der Waals surface area contributed by atoms with Gasteiger partial charge in [0.1, 0.15) is 0 Å². The molecule has 74 valence electrons. The van der Waals surface area contributed by atoms with Crippen molar-refractivity contribution in [3.05, 3.63) is 0 Å². The van der Waals surface area contributed by atoms with Crippen LogP contribution in [0.2, 0.25) is 0 Å². The first-order valence-electron chi connectivity index (χ1n) is 3.98. The molecule has 1 unspecified atom stereocenters. The van der Waals surface area contributed by atoms with E-state index in [9.17, 15) is 13.8 Å². The van der Waals surface area contributed by atoms with E-state index in [0.29, 0.717) is 25.3 Å². The highest BCUT2D eigenvalue weighted by molar-refractivity contribution is 7.84.